The van der Waals surface area contributed by atoms with Crippen LogP contribution in [0.5, 0.6) is 0 Å². The van der Waals surface area contributed by atoms with Crippen LogP contribution in [0.4, 0.5) is 0 Å². The van der Waals surface area contributed by atoms with E-state index >= 15 is 0 Å². The van der Waals surface area contributed by atoms with Gasteiger partial charge in [-0.1, -0.05) is 19.9 Å². The van der Waals surface area contributed by atoms with E-state index in [0.29, 0.717) is 5.92 Å². The van der Waals surface area contributed by atoms with Gasteiger partial charge < -0.3 is 0 Å². The Kier molecular flexibility index (Phi) is 2.06. The molecule has 2 aromatic rings. The number of benzene rings is 1. The first-order valence-corrected chi connectivity index (χ1v) is 5.05. The first-order chi connectivity index (χ1) is 6.61. The van der Waals surface area contributed by atoms with Gasteiger partial charge in [0.2, 0.25) is 0 Å². The molecule has 2 nitrogen and oxygen atoms in total. The summed E-state index contributed by atoms with van der Waals surface area (Å²) in [5, 5.41) is 8.63. The highest BCUT2D eigenvalue weighted by Gasteiger charge is 2.12. The Morgan fingerprint density at radius 1 is 1.21 bits per heavy atom. The first-order valence-electron chi connectivity index (χ1n) is 5.05. The number of aryl methyl sites for hydroxylation is 2. The summed E-state index contributed by atoms with van der Waals surface area (Å²) >= 11 is 0. The van der Waals surface area contributed by atoms with Crippen molar-refractivity contribution in [2.75, 3.05) is 0 Å². The van der Waals surface area contributed by atoms with Gasteiger partial charge in [-0.2, -0.15) is 5.10 Å². The van der Waals surface area contributed by atoms with E-state index in [1.54, 1.807) is 0 Å². The molecule has 0 radical (unpaired) electrons. The quantitative estimate of drug-likeness (QED) is 0.730. The molecule has 0 amide bonds. The van der Waals surface area contributed by atoms with E-state index in [2.05, 4.69) is 50.0 Å². The van der Waals surface area contributed by atoms with Crippen molar-refractivity contribution >= 4 is 10.9 Å². The summed E-state index contributed by atoms with van der Waals surface area (Å²) in [6, 6.07) is 4.23. The second-order valence-electron chi connectivity index (χ2n) is 4.19. The fourth-order valence-corrected chi connectivity index (χ4v) is 2.14. The number of aromatic nitrogens is 2. The molecule has 0 aliphatic rings. The van der Waals surface area contributed by atoms with Crippen LogP contribution in [0.1, 0.15) is 36.6 Å². The van der Waals surface area contributed by atoms with Crippen molar-refractivity contribution in [3.63, 3.8) is 0 Å². The lowest BCUT2D eigenvalue weighted by atomic mass is 9.93. The Bertz CT molecular complexity index is 466. The molecule has 2 heteroatoms. The van der Waals surface area contributed by atoms with E-state index in [-0.39, 0.29) is 0 Å². The molecule has 0 saturated heterocycles. The minimum atomic E-state index is 0.551. The molecule has 0 saturated carbocycles. The Morgan fingerprint density at radius 3 is 2.57 bits per heavy atom. The van der Waals surface area contributed by atoms with Crippen molar-refractivity contribution in [1.82, 2.24) is 10.2 Å². The summed E-state index contributed by atoms with van der Waals surface area (Å²) in [6.45, 7) is 8.71. The summed E-state index contributed by atoms with van der Waals surface area (Å²) in [7, 11) is 0. The minimum Gasteiger partial charge on any atom is -0.282 e. The zero-order chi connectivity index (χ0) is 10.3. The predicted molar refractivity (Wildman–Crippen MR) is 59.7 cm³/mol. The Hall–Kier alpha value is -1.31. The Balaban J connectivity index is 2.87. The van der Waals surface area contributed by atoms with Crippen LogP contribution >= 0.6 is 0 Å². The van der Waals surface area contributed by atoms with Crippen LogP contribution in [0.3, 0.4) is 0 Å². The highest BCUT2D eigenvalue weighted by atomic mass is 15.1. The largest absolute Gasteiger partial charge is 0.282 e. The van der Waals surface area contributed by atoms with Gasteiger partial charge in [0.15, 0.2) is 0 Å². The third-order valence-electron chi connectivity index (χ3n) is 2.74. The highest BCUT2D eigenvalue weighted by molar-refractivity contribution is 5.86. The van der Waals surface area contributed by atoms with Crippen molar-refractivity contribution in [3.8, 4) is 0 Å². The van der Waals surface area contributed by atoms with Gasteiger partial charge in [-0.15, -0.1) is 0 Å². The molecule has 1 N–H and O–H groups in total. The monoisotopic (exact) mass is 188 g/mol. The lowest BCUT2D eigenvalue weighted by molar-refractivity contribution is 0.866. The van der Waals surface area contributed by atoms with Crippen LogP contribution in [0, 0.1) is 13.8 Å². The molecule has 1 aromatic heterocycles. The van der Waals surface area contributed by atoms with E-state index in [1.165, 1.54) is 22.2 Å². The zero-order valence-corrected chi connectivity index (χ0v) is 9.18. The number of nitrogens with one attached hydrogen (secondary N) is 1. The van der Waals surface area contributed by atoms with E-state index in [4.69, 9.17) is 0 Å². The molecule has 0 spiro atoms. The van der Waals surface area contributed by atoms with Crippen LogP contribution in [0.15, 0.2) is 12.1 Å². The number of aromatic amines is 1. The Morgan fingerprint density at radius 2 is 1.93 bits per heavy atom. The topological polar surface area (TPSA) is 28.7 Å². The summed E-state index contributed by atoms with van der Waals surface area (Å²) in [5.41, 5.74) is 5.04. The van der Waals surface area contributed by atoms with Crippen LogP contribution in [-0.4, -0.2) is 10.2 Å². The molecule has 14 heavy (non-hydrogen) atoms. The van der Waals surface area contributed by atoms with E-state index in [1.807, 2.05) is 0 Å². The molecule has 0 fully saturated rings. The molecule has 0 bridgehead atoms. The van der Waals surface area contributed by atoms with Crippen LogP contribution < -0.4 is 0 Å². The van der Waals surface area contributed by atoms with Crippen LogP contribution in [0.25, 0.3) is 10.9 Å². The molecule has 0 unspecified atom stereocenters. The van der Waals surface area contributed by atoms with Crippen LogP contribution in [0.2, 0.25) is 0 Å². The van der Waals surface area contributed by atoms with Crippen LogP contribution in [-0.2, 0) is 0 Å². The minimum absolute atomic E-state index is 0.551. The van der Waals surface area contributed by atoms with Gasteiger partial charge >= 0.3 is 0 Å². The van der Waals surface area contributed by atoms with Gasteiger partial charge in [0.05, 0.1) is 5.52 Å². The normalized spacial score (nSPS) is 11.5. The van der Waals surface area contributed by atoms with Gasteiger partial charge in [-0.25, -0.2) is 0 Å². The summed E-state index contributed by atoms with van der Waals surface area (Å²) < 4.78 is 0. The summed E-state index contributed by atoms with van der Waals surface area (Å²) in [5.74, 6) is 0.551. The van der Waals surface area contributed by atoms with Crippen molar-refractivity contribution in [2.24, 2.45) is 0 Å². The average molecular weight is 188 g/mol. The standard InChI is InChI=1S/C12H16N2/c1-7(2)11-8(3)5-6-10-12(11)9(4)13-14-10/h5-7H,1-4H3,(H,13,14). The molecular formula is C12H16N2. The number of hydrogen-bond acceptors (Lipinski definition) is 1. The van der Waals surface area contributed by atoms with Crippen molar-refractivity contribution in [3.05, 3.63) is 29.0 Å². The number of H-pyrrole nitrogens is 1. The molecule has 74 valence electrons. The molecule has 1 heterocycles. The number of rotatable bonds is 1. The first kappa shape index (κ1) is 9.25. The lowest BCUT2D eigenvalue weighted by Gasteiger charge is -2.11. The third kappa shape index (κ3) is 1.22. The van der Waals surface area contributed by atoms with Crippen molar-refractivity contribution in [2.45, 2.75) is 33.6 Å². The van der Waals surface area contributed by atoms with Gasteiger partial charge in [-0.05, 0) is 37.0 Å². The molecule has 2 rings (SSSR count). The lowest BCUT2D eigenvalue weighted by Crippen LogP contribution is -1.93. The number of fused-ring (bicyclic) bond motifs is 1. The molecule has 0 aliphatic heterocycles. The Labute approximate surface area is 84.3 Å². The van der Waals surface area contributed by atoms with Crippen molar-refractivity contribution < 1.29 is 0 Å². The fraction of sp³-hybridized carbons (Fsp3) is 0.417. The molecular weight excluding hydrogens is 172 g/mol. The SMILES string of the molecule is Cc1ccc2n[nH]c(C)c2c1C(C)C. The molecule has 0 atom stereocenters. The van der Waals surface area contributed by atoms with Crippen molar-refractivity contribution in [1.29, 1.82) is 0 Å². The fourth-order valence-electron chi connectivity index (χ4n) is 2.14. The smallest absolute Gasteiger partial charge is 0.0926 e. The van der Waals surface area contributed by atoms with E-state index < -0.39 is 0 Å². The predicted octanol–water partition coefficient (Wildman–Crippen LogP) is 3.30. The third-order valence-corrected chi connectivity index (χ3v) is 2.74. The molecule has 0 aliphatic carbocycles. The van der Waals surface area contributed by atoms with Gasteiger partial charge in [0.1, 0.15) is 0 Å². The molecule has 1 aromatic carbocycles. The van der Waals surface area contributed by atoms with Gasteiger partial charge in [-0.3, -0.25) is 5.10 Å². The maximum Gasteiger partial charge on any atom is 0.0926 e. The highest BCUT2D eigenvalue weighted by Crippen LogP contribution is 2.29. The summed E-state index contributed by atoms with van der Waals surface area (Å²) in [6.07, 6.45) is 0. The number of hydrogen-bond donors (Lipinski definition) is 1. The zero-order valence-electron chi connectivity index (χ0n) is 9.18. The van der Waals surface area contributed by atoms with E-state index in [9.17, 15) is 0 Å². The van der Waals surface area contributed by atoms with Gasteiger partial charge in [0.25, 0.3) is 0 Å². The maximum atomic E-state index is 4.28. The maximum absolute atomic E-state index is 4.28. The average Bonchev–Trinajstić information content (AvgIpc) is 2.47. The second-order valence-corrected chi connectivity index (χ2v) is 4.19. The van der Waals surface area contributed by atoms with Gasteiger partial charge in [0, 0.05) is 11.1 Å². The summed E-state index contributed by atoms with van der Waals surface area (Å²) in [4.78, 5) is 0. The van der Waals surface area contributed by atoms with E-state index in [0.717, 1.165) is 5.52 Å². The second kappa shape index (κ2) is 3.12. The number of nitrogens with zero attached hydrogens (tertiary/aromatic N) is 1.